The van der Waals surface area contributed by atoms with Gasteiger partial charge in [-0.15, -0.1) is 0 Å². The van der Waals surface area contributed by atoms with E-state index in [1.54, 1.807) is 0 Å². The molecule has 0 fully saturated rings. The molecule has 81 heavy (non-hydrogen) atoms. The molecule has 12 atom stereocenters. The molecular weight excluding hydrogens is 1180 g/mol. The van der Waals surface area contributed by atoms with Gasteiger partial charge in [0.1, 0.15) is 30.4 Å². The first-order valence-corrected chi connectivity index (χ1v) is 40.6. The molecule has 0 aliphatic heterocycles. The quantitative estimate of drug-likeness (QED) is 0.0413. The predicted molar refractivity (Wildman–Crippen MR) is 340 cm³/mol. The molecule has 0 saturated carbocycles. The molecule has 12 unspecified atom stereocenters. The smallest absolute Gasteiger partial charge is 0.778 e. The van der Waals surface area contributed by atoms with Crippen LogP contribution in [0.25, 0.3) is 0 Å². The van der Waals surface area contributed by atoms with Crippen molar-refractivity contribution < 1.29 is 77.0 Å². The molecule has 0 N–H and O–H groups in total. The van der Waals surface area contributed by atoms with E-state index in [4.69, 9.17) is 18.1 Å². The largest absolute Gasteiger partial charge is 4.00 e. The van der Waals surface area contributed by atoms with Crippen molar-refractivity contribution in [3.8, 4) is 0 Å². The molecule has 0 aliphatic rings. The van der Waals surface area contributed by atoms with Crippen molar-refractivity contribution in [1.82, 2.24) is 0 Å². The van der Waals surface area contributed by atoms with Crippen molar-refractivity contribution in [2.24, 2.45) is 47.3 Å². The Balaban J connectivity index is -0.000000316. The van der Waals surface area contributed by atoms with E-state index in [1.807, 2.05) is 0 Å². The third-order valence-corrected chi connectivity index (χ3v) is 22.3. The van der Waals surface area contributed by atoms with Gasteiger partial charge in [0.25, 0.3) is 0 Å². The van der Waals surface area contributed by atoms with Crippen molar-refractivity contribution in [3.63, 3.8) is 0 Å². The van der Waals surface area contributed by atoms with Crippen LogP contribution in [0.4, 0.5) is 0 Å². The van der Waals surface area contributed by atoms with Gasteiger partial charge in [-0.1, -0.05) is 265 Å². The van der Waals surface area contributed by atoms with E-state index in [2.05, 4.69) is 111 Å². The summed E-state index contributed by atoms with van der Waals surface area (Å²) < 4.78 is 69.4. The summed E-state index contributed by atoms with van der Waals surface area (Å²) in [6.45, 7) is 35.4. The Morgan fingerprint density at radius 2 is 0.370 bits per heavy atom. The monoisotopic (exact) mass is 1320 g/mol. The molecule has 490 valence electrons. The van der Waals surface area contributed by atoms with Crippen LogP contribution in [0.1, 0.15) is 316 Å². The molecule has 0 bridgehead atoms. The third-order valence-electron chi connectivity index (χ3n) is 16.3. The number of hydrogen-bond acceptors (Lipinski definition) is 12. The molecule has 17 heteroatoms. The van der Waals surface area contributed by atoms with Gasteiger partial charge in [0.05, 0.1) is 26.4 Å². The molecule has 0 aromatic rings. The minimum Gasteiger partial charge on any atom is -0.778 e. The number of rotatable bonds is 52. The van der Waals surface area contributed by atoms with Crippen molar-refractivity contribution >= 4 is 30.4 Å². The minimum atomic E-state index is -3.65. The van der Waals surface area contributed by atoms with Gasteiger partial charge in [-0.3, -0.25) is 0 Å². The summed E-state index contributed by atoms with van der Waals surface area (Å²) in [5, 5.41) is 0. The first-order chi connectivity index (χ1) is 37.9. The number of hydrogen-bond donors (Lipinski definition) is 0. The Kier molecular flexibility index (Phi) is 67.7. The van der Waals surface area contributed by atoms with Gasteiger partial charge < -0.3 is 55.9 Å². The average Bonchev–Trinajstić information content (AvgIpc) is 3.43. The second-order valence-corrected chi connectivity index (χ2v) is 31.1. The molecule has 0 heterocycles. The summed E-state index contributed by atoms with van der Waals surface area (Å²) in [4.78, 5) is 48.3. The van der Waals surface area contributed by atoms with E-state index < -0.39 is 30.4 Å². The van der Waals surface area contributed by atoms with Crippen LogP contribution in [-0.2, 0) is 57.4 Å². The van der Waals surface area contributed by atoms with E-state index in [9.17, 15) is 37.8 Å². The Labute approximate surface area is 519 Å². The van der Waals surface area contributed by atoms with Crippen LogP contribution in [0.5, 0.6) is 0 Å². The minimum absolute atomic E-state index is 0. The van der Waals surface area contributed by atoms with Gasteiger partial charge in [-0.25, -0.2) is 0 Å². The standard InChI is InChI=1S/4C16H35O3P.Mo/c4*1-5-9-11-15(7-3)13-19-20(17,18)14-16(8-4)12-10-6-2;/h4*15-16H,5-14H2,1-4H3,(H,17,18);/q;;;;+4/p-4. The van der Waals surface area contributed by atoms with Gasteiger partial charge in [0.15, 0.2) is 0 Å². The van der Waals surface area contributed by atoms with E-state index in [0.29, 0.717) is 50.1 Å². The molecule has 0 spiro atoms. The molecule has 0 rings (SSSR count). The first-order valence-electron chi connectivity index (χ1n) is 33.7. The summed E-state index contributed by atoms with van der Waals surface area (Å²) in [7, 11) is -14.6. The molecule has 0 radical (unpaired) electrons. The van der Waals surface area contributed by atoms with Gasteiger partial charge in [0, 0.05) is 24.6 Å². The topological polar surface area (TPSA) is 197 Å². The van der Waals surface area contributed by atoms with E-state index in [1.165, 1.54) is 0 Å². The van der Waals surface area contributed by atoms with Crippen molar-refractivity contribution in [2.45, 2.75) is 316 Å². The Bertz CT molecular complexity index is 1300. The normalized spacial score (nSPS) is 17.4. The zero-order valence-corrected chi connectivity index (χ0v) is 61.6. The van der Waals surface area contributed by atoms with Gasteiger partial charge in [-0.2, -0.15) is 0 Å². The maximum absolute atomic E-state index is 12.1. The van der Waals surface area contributed by atoms with Gasteiger partial charge in [0.2, 0.25) is 0 Å². The summed E-state index contributed by atoms with van der Waals surface area (Å²) >= 11 is 0. The van der Waals surface area contributed by atoms with Crippen LogP contribution in [0.2, 0.25) is 0 Å². The molecule has 0 amide bonds. The fourth-order valence-corrected chi connectivity index (χ4v) is 16.1. The number of unbranched alkanes of at least 4 members (excludes halogenated alkanes) is 8. The molecule has 0 aromatic carbocycles. The summed E-state index contributed by atoms with van der Waals surface area (Å²) in [5.41, 5.74) is 0. The molecule has 0 aliphatic carbocycles. The zero-order chi connectivity index (χ0) is 61.7. The van der Waals surface area contributed by atoms with Crippen LogP contribution < -0.4 is 19.6 Å². The zero-order valence-electron chi connectivity index (χ0n) is 56.0. The summed E-state index contributed by atoms with van der Waals surface area (Å²) in [5.74, 6) is 2.56. The summed E-state index contributed by atoms with van der Waals surface area (Å²) in [6, 6.07) is 0. The Morgan fingerprint density at radius 1 is 0.247 bits per heavy atom. The van der Waals surface area contributed by atoms with Crippen molar-refractivity contribution in [2.75, 3.05) is 51.1 Å². The fourth-order valence-electron chi connectivity index (χ4n) is 9.61. The van der Waals surface area contributed by atoms with Crippen LogP contribution in [-0.4, -0.2) is 51.1 Å². The van der Waals surface area contributed by atoms with E-state index >= 15 is 0 Å². The molecule has 0 aromatic heterocycles. The SMILES string of the molecule is CCCCC(CC)COP(=O)([O-])CC(CC)CCCC.CCCCC(CC)COP(=O)([O-])CC(CC)CCCC.CCCCC(CC)COP(=O)([O-])CC(CC)CCCC.CCCCC(CC)COP(=O)([O-])CC(CC)CCCC.[Mo+4]. The Morgan fingerprint density at radius 3 is 0.481 bits per heavy atom. The Hall–Kier alpha value is 1.29. The van der Waals surface area contributed by atoms with Gasteiger partial charge >= 0.3 is 21.1 Å². The van der Waals surface area contributed by atoms with Crippen molar-refractivity contribution in [1.29, 1.82) is 0 Å². The van der Waals surface area contributed by atoms with Crippen molar-refractivity contribution in [3.05, 3.63) is 0 Å². The third kappa shape index (κ3) is 58.7. The second-order valence-electron chi connectivity index (χ2n) is 23.7. The maximum atomic E-state index is 12.1. The van der Waals surface area contributed by atoms with E-state index in [0.717, 1.165) is 205 Å². The fraction of sp³-hybridized carbons (Fsp3) is 1.00. The van der Waals surface area contributed by atoms with Crippen LogP contribution >= 0.6 is 30.4 Å². The van der Waals surface area contributed by atoms with Crippen LogP contribution in [0.3, 0.4) is 0 Å². The first kappa shape index (κ1) is 91.0. The maximum Gasteiger partial charge on any atom is 4.00 e. The molecule has 12 nitrogen and oxygen atoms in total. The molecular formula is C64H136MoO12P4. The second kappa shape index (κ2) is 60.2. The molecule has 0 saturated heterocycles. The van der Waals surface area contributed by atoms with E-state index in [-0.39, 0.29) is 69.4 Å². The van der Waals surface area contributed by atoms with Crippen LogP contribution in [0, 0.1) is 47.3 Å². The van der Waals surface area contributed by atoms with Crippen LogP contribution in [0.15, 0.2) is 0 Å². The predicted octanol–water partition coefficient (Wildman–Crippen LogP) is 20.0. The summed E-state index contributed by atoms with van der Waals surface area (Å²) in [6.07, 6.45) is 34.9. The average molecular weight is 1320 g/mol. The van der Waals surface area contributed by atoms with Gasteiger partial charge in [-0.05, 0) is 98.7 Å².